The lowest BCUT2D eigenvalue weighted by Gasteiger charge is -2.32. The molecule has 5 rings (SSSR count). The Hall–Kier alpha value is -3.66. The van der Waals surface area contributed by atoms with Crippen molar-refractivity contribution >= 4 is 10.9 Å². The van der Waals surface area contributed by atoms with Crippen molar-refractivity contribution in [3.05, 3.63) is 55.0 Å². The molecule has 0 N–H and O–H groups in total. The molecule has 0 unspecified atom stereocenters. The van der Waals surface area contributed by atoms with Crippen LogP contribution in [0, 0.1) is 0 Å². The number of ether oxygens (including phenoxy) is 2. The number of fused-ring (bicyclic) bond motifs is 1. The Balaban J connectivity index is 1.63. The van der Waals surface area contributed by atoms with Gasteiger partial charge in [-0.15, -0.1) is 0 Å². The minimum atomic E-state index is -3.07. The van der Waals surface area contributed by atoms with E-state index in [1.54, 1.807) is 10.7 Å². The second-order valence-corrected chi connectivity index (χ2v) is 8.57. The van der Waals surface area contributed by atoms with Crippen LogP contribution >= 0.6 is 0 Å². The fraction of sp³-hybridized carbons (Fsp3) is 0.320. The van der Waals surface area contributed by atoms with Gasteiger partial charge in [-0.1, -0.05) is 30.3 Å². The minimum absolute atomic E-state index is 0.0243. The molecule has 4 aromatic rings. The SMILES string of the molecule is CN1CC[C@@H](Oc2cc3c(-c4cn(C)nc4-c4ccccc4)ncnc3cc2OC(F)F)[C@H](F)C1. The third-order valence-electron chi connectivity index (χ3n) is 6.01. The van der Waals surface area contributed by atoms with Crippen molar-refractivity contribution in [2.24, 2.45) is 7.05 Å². The van der Waals surface area contributed by atoms with Crippen LogP contribution in [-0.4, -0.2) is 63.7 Å². The molecule has 2 aromatic heterocycles. The quantitative estimate of drug-likeness (QED) is 0.396. The van der Waals surface area contributed by atoms with E-state index in [0.29, 0.717) is 35.3 Å². The average molecular weight is 483 g/mol. The normalized spacial score (nSPS) is 18.8. The van der Waals surface area contributed by atoms with Crippen LogP contribution in [0.3, 0.4) is 0 Å². The van der Waals surface area contributed by atoms with E-state index in [1.165, 1.54) is 12.4 Å². The number of piperidine rings is 1. The summed E-state index contributed by atoms with van der Waals surface area (Å²) in [5.74, 6) is -0.172. The number of aryl methyl sites for hydroxylation is 1. The van der Waals surface area contributed by atoms with Crippen molar-refractivity contribution in [2.45, 2.75) is 25.3 Å². The molecule has 0 bridgehead atoms. The molecule has 0 aliphatic carbocycles. The van der Waals surface area contributed by atoms with E-state index in [4.69, 9.17) is 9.47 Å². The Morgan fingerprint density at radius 2 is 1.83 bits per heavy atom. The molecule has 7 nitrogen and oxygen atoms in total. The number of alkyl halides is 3. The third kappa shape index (κ3) is 4.79. The van der Waals surface area contributed by atoms with Crippen molar-refractivity contribution < 1.29 is 22.6 Å². The lowest BCUT2D eigenvalue weighted by atomic mass is 10.0. The van der Waals surface area contributed by atoms with E-state index in [-0.39, 0.29) is 18.0 Å². The standard InChI is InChI=1S/C25H24F3N5O2/c1-32-9-8-20(18(26)13-32)34-21-10-16-19(11-22(21)35-25(27)28)29-14-30-24(16)17-12-33(2)31-23(17)15-6-4-3-5-7-15/h3-7,10-12,14,18,20,25H,8-9,13H2,1-2H3/t18-,20-/m1/s1. The second kappa shape index (κ2) is 9.53. The fourth-order valence-electron chi connectivity index (χ4n) is 4.36. The molecule has 10 heteroatoms. The first-order valence-electron chi connectivity index (χ1n) is 11.2. The molecule has 0 spiro atoms. The zero-order chi connectivity index (χ0) is 24.5. The van der Waals surface area contributed by atoms with Crippen LogP contribution in [-0.2, 0) is 7.05 Å². The van der Waals surface area contributed by atoms with E-state index in [9.17, 15) is 13.2 Å². The Bertz CT molecular complexity index is 1330. The molecule has 182 valence electrons. The van der Waals surface area contributed by atoms with Crippen LogP contribution < -0.4 is 9.47 Å². The van der Waals surface area contributed by atoms with E-state index >= 15 is 0 Å². The maximum absolute atomic E-state index is 14.7. The summed E-state index contributed by atoms with van der Waals surface area (Å²) in [4.78, 5) is 10.6. The molecule has 35 heavy (non-hydrogen) atoms. The summed E-state index contributed by atoms with van der Waals surface area (Å²) >= 11 is 0. The number of hydrogen-bond donors (Lipinski definition) is 0. The number of aromatic nitrogens is 4. The van der Waals surface area contributed by atoms with Gasteiger partial charge >= 0.3 is 6.61 Å². The van der Waals surface area contributed by atoms with Crippen molar-refractivity contribution in [3.8, 4) is 34.0 Å². The van der Waals surface area contributed by atoms with Gasteiger partial charge in [-0.25, -0.2) is 14.4 Å². The van der Waals surface area contributed by atoms with Crippen LogP contribution in [0.5, 0.6) is 11.5 Å². The largest absolute Gasteiger partial charge is 0.483 e. The van der Waals surface area contributed by atoms with Crippen LogP contribution in [0.2, 0.25) is 0 Å². The van der Waals surface area contributed by atoms with Crippen molar-refractivity contribution in [1.29, 1.82) is 0 Å². The van der Waals surface area contributed by atoms with Crippen molar-refractivity contribution in [3.63, 3.8) is 0 Å². The Morgan fingerprint density at radius 3 is 2.57 bits per heavy atom. The zero-order valence-corrected chi connectivity index (χ0v) is 19.2. The summed E-state index contributed by atoms with van der Waals surface area (Å²) in [5.41, 5.74) is 3.29. The highest BCUT2D eigenvalue weighted by Gasteiger charge is 2.31. The molecule has 1 aliphatic rings. The number of rotatable bonds is 6. The van der Waals surface area contributed by atoms with E-state index < -0.39 is 18.9 Å². The van der Waals surface area contributed by atoms with Gasteiger partial charge in [0, 0.05) is 48.9 Å². The molecule has 3 heterocycles. The molecule has 2 atom stereocenters. The fourth-order valence-corrected chi connectivity index (χ4v) is 4.36. The Labute approximate surface area is 200 Å². The maximum Gasteiger partial charge on any atom is 0.387 e. The predicted octanol–water partition coefficient (Wildman–Crippen LogP) is 4.72. The highest BCUT2D eigenvalue weighted by molar-refractivity contribution is 5.97. The summed E-state index contributed by atoms with van der Waals surface area (Å²) < 4.78 is 53.4. The monoisotopic (exact) mass is 483 g/mol. The van der Waals surface area contributed by atoms with Gasteiger partial charge in [0.25, 0.3) is 0 Å². The van der Waals surface area contributed by atoms with Gasteiger partial charge in [0.05, 0.1) is 11.2 Å². The first-order valence-corrected chi connectivity index (χ1v) is 11.2. The molecule has 2 aromatic carbocycles. The van der Waals surface area contributed by atoms with Crippen LogP contribution in [0.25, 0.3) is 33.4 Å². The summed E-state index contributed by atoms with van der Waals surface area (Å²) in [6.07, 6.45) is 1.57. The van der Waals surface area contributed by atoms with Gasteiger partial charge in [-0.3, -0.25) is 4.68 Å². The topological polar surface area (TPSA) is 65.3 Å². The predicted molar refractivity (Wildman–Crippen MR) is 125 cm³/mol. The summed E-state index contributed by atoms with van der Waals surface area (Å²) in [6, 6.07) is 12.6. The number of hydrogen-bond acceptors (Lipinski definition) is 6. The van der Waals surface area contributed by atoms with E-state index in [1.807, 2.05) is 55.5 Å². The highest BCUT2D eigenvalue weighted by Crippen LogP contribution is 2.39. The molecule has 1 saturated heterocycles. The van der Waals surface area contributed by atoms with Crippen LogP contribution in [0.15, 0.2) is 55.0 Å². The smallest absolute Gasteiger partial charge is 0.387 e. The number of benzene rings is 2. The second-order valence-electron chi connectivity index (χ2n) is 8.57. The summed E-state index contributed by atoms with van der Waals surface area (Å²) in [6.45, 7) is -2.24. The first kappa shape index (κ1) is 23.1. The third-order valence-corrected chi connectivity index (χ3v) is 6.01. The van der Waals surface area contributed by atoms with Crippen LogP contribution in [0.4, 0.5) is 13.2 Å². The van der Waals surface area contributed by atoms with Gasteiger partial charge in [0.15, 0.2) is 11.5 Å². The summed E-state index contributed by atoms with van der Waals surface area (Å²) in [7, 11) is 3.63. The molecule has 1 aliphatic heterocycles. The average Bonchev–Trinajstić information content (AvgIpc) is 3.22. The molecular formula is C25H24F3N5O2. The Kier molecular flexibility index (Phi) is 6.29. The van der Waals surface area contributed by atoms with Crippen LogP contribution in [0.1, 0.15) is 6.42 Å². The van der Waals surface area contributed by atoms with Crippen molar-refractivity contribution in [2.75, 3.05) is 20.1 Å². The van der Waals surface area contributed by atoms with Crippen molar-refractivity contribution in [1.82, 2.24) is 24.6 Å². The molecule has 0 amide bonds. The van der Waals surface area contributed by atoms with E-state index in [0.717, 1.165) is 11.1 Å². The number of halogens is 3. The van der Waals surface area contributed by atoms with Gasteiger partial charge in [-0.2, -0.15) is 13.9 Å². The minimum Gasteiger partial charge on any atom is -0.483 e. The summed E-state index contributed by atoms with van der Waals surface area (Å²) in [5, 5.41) is 5.15. The van der Waals surface area contributed by atoms with Gasteiger partial charge < -0.3 is 14.4 Å². The maximum atomic E-state index is 14.7. The number of nitrogens with zero attached hydrogens (tertiary/aromatic N) is 5. The van der Waals surface area contributed by atoms with E-state index in [2.05, 4.69) is 15.1 Å². The number of likely N-dealkylation sites (tertiary alicyclic amines) is 1. The lowest BCUT2D eigenvalue weighted by Crippen LogP contribution is -2.45. The lowest BCUT2D eigenvalue weighted by molar-refractivity contribution is -0.0534. The molecule has 1 fully saturated rings. The molecule has 0 saturated carbocycles. The molecule has 0 radical (unpaired) electrons. The van der Waals surface area contributed by atoms with Gasteiger partial charge in [0.1, 0.15) is 24.3 Å². The van der Waals surface area contributed by atoms with Gasteiger partial charge in [0.2, 0.25) is 0 Å². The first-order chi connectivity index (χ1) is 16.9. The molecular weight excluding hydrogens is 459 g/mol. The highest BCUT2D eigenvalue weighted by atomic mass is 19.3. The zero-order valence-electron chi connectivity index (χ0n) is 19.2. The van der Waals surface area contributed by atoms with Gasteiger partial charge in [-0.05, 0) is 19.5 Å². The Morgan fingerprint density at radius 1 is 1.03 bits per heavy atom.